The second kappa shape index (κ2) is 7.47. The zero-order chi connectivity index (χ0) is 19.6. The van der Waals surface area contributed by atoms with Crippen LogP contribution in [0.5, 0.6) is 0 Å². The van der Waals surface area contributed by atoms with Crippen LogP contribution >= 0.6 is 0 Å². The molecule has 0 N–H and O–H groups in total. The lowest BCUT2D eigenvalue weighted by atomic mass is 9.86. The van der Waals surface area contributed by atoms with Gasteiger partial charge in [-0.2, -0.15) is 13.2 Å². The van der Waals surface area contributed by atoms with Crippen molar-refractivity contribution in [1.82, 2.24) is 4.57 Å². The number of fused-ring (bicyclic) bond motifs is 1. The summed E-state index contributed by atoms with van der Waals surface area (Å²) in [5.74, 6) is -4.16. The highest BCUT2D eigenvalue weighted by molar-refractivity contribution is 5.84. The minimum atomic E-state index is -4.51. The van der Waals surface area contributed by atoms with Crippen LogP contribution in [-0.2, 0) is 23.2 Å². The lowest BCUT2D eigenvalue weighted by molar-refractivity contribution is -0.186. The number of aryl methyl sites for hydroxylation is 1. The number of carbonyl (C=O) groups excluding carboxylic acids is 1. The van der Waals surface area contributed by atoms with Crippen LogP contribution in [0, 0.1) is 5.92 Å². The molecule has 1 heterocycles. The van der Waals surface area contributed by atoms with E-state index in [0.29, 0.717) is 5.56 Å². The van der Waals surface area contributed by atoms with Crippen molar-refractivity contribution in [3.8, 4) is 0 Å². The molecule has 1 unspecified atom stereocenters. The van der Waals surface area contributed by atoms with Gasteiger partial charge in [0.2, 0.25) is 0 Å². The van der Waals surface area contributed by atoms with Crippen LogP contribution in [0.15, 0.2) is 60.8 Å². The minimum absolute atomic E-state index is 0.0624. The van der Waals surface area contributed by atoms with Crippen molar-refractivity contribution >= 4 is 16.9 Å². The molecule has 0 bridgehead atoms. The Kier molecular flexibility index (Phi) is 5.26. The molecule has 0 aliphatic heterocycles. The maximum atomic E-state index is 13.4. The van der Waals surface area contributed by atoms with E-state index in [0.717, 1.165) is 23.4 Å². The fourth-order valence-electron chi connectivity index (χ4n) is 3.11. The highest BCUT2D eigenvalue weighted by Gasteiger charge is 2.45. The monoisotopic (exact) mass is 375 g/mol. The van der Waals surface area contributed by atoms with Gasteiger partial charge in [-0.25, -0.2) is 0 Å². The van der Waals surface area contributed by atoms with Crippen LogP contribution in [0.3, 0.4) is 0 Å². The molecule has 0 saturated carbocycles. The summed E-state index contributed by atoms with van der Waals surface area (Å²) in [5, 5.41) is 0.900. The second-order valence-corrected chi connectivity index (χ2v) is 6.65. The van der Waals surface area contributed by atoms with Gasteiger partial charge < -0.3 is 9.30 Å². The first-order valence-corrected chi connectivity index (χ1v) is 8.59. The number of carbonyl (C=O) groups is 1. The molecule has 1 aromatic heterocycles. The average Bonchev–Trinajstić information content (AvgIpc) is 3.01. The second-order valence-electron chi connectivity index (χ2n) is 6.65. The van der Waals surface area contributed by atoms with E-state index in [1.165, 1.54) is 0 Å². The Morgan fingerprint density at radius 2 is 1.81 bits per heavy atom. The number of benzene rings is 2. The largest absolute Gasteiger partial charge is 0.460 e. The number of hydrogen-bond acceptors (Lipinski definition) is 2. The van der Waals surface area contributed by atoms with Gasteiger partial charge in [-0.05, 0) is 28.6 Å². The Morgan fingerprint density at radius 1 is 1.11 bits per heavy atom. The molecule has 142 valence electrons. The van der Waals surface area contributed by atoms with E-state index >= 15 is 0 Å². The van der Waals surface area contributed by atoms with Crippen molar-refractivity contribution in [2.24, 2.45) is 13.0 Å². The standard InChI is InChI=1S/C21H20F3NO2/c1-14(21(22,23)24)19(20(26)27-13-15-6-4-3-5-7-15)17-9-8-16-10-11-25(2)18(16)12-17/h3-12,14,19H,13H2,1-2H3/t14-,19?/m1/s1. The molecular formula is C21H20F3NO2. The molecule has 0 radical (unpaired) electrons. The van der Waals surface area contributed by atoms with Crippen LogP contribution in [0.25, 0.3) is 10.9 Å². The predicted octanol–water partition coefficient (Wildman–Crippen LogP) is 5.20. The summed E-state index contributed by atoms with van der Waals surface area (Å²) in [4.78, 5) is 12.6. The molecule has 0 saturated heterocycles. The van der Waals surface area contributed by atoms with Crippen molar-refractivity contribution in [1.29, 1.82) is 0 Å². The molecule has 6 heteroatoms. The highest BCUT2D eigenvalue weighted by Crippen LogP contribution is 2.39. The number of nitrogens with zero attached hydrogens (tertiary/aromatic N) is 1. The molecule has 2 aromatic carbocycles. The molecule has 0 aliphatic carbocycles. The molecule has 0 aliphatic rings. The predicted molar refractivity (Wildman–Crippen MR) is 97.1 cm³/mol. The molecule has 27 heavy (non-hydrogen) atoms. The van der Waals surface area contributed by atoms with Crippen molar-refractivity contribution in [3.05, 3.63) is 71.9 Å². The Hall–Kier alpha value is -2.76. The Morgan fingerprint density at radius 3 is 2.48 bits per heavy atom. The van der Waals surface area contributed by atoms with Gasteiger partial charge in [0.05, 0.1) is 11.8 Å². The van der Waals surface area contributed by atoms with E-state index in [2.05, 4.69) is 0 Å². The SMILES string of the molecule is C[C@H](C(C(=O)OCc1ccccc1)c1ccc2ccn(C)c2c1)C(F)(F)F. The normalized spacial score (nSPS) is 14.1. The Labute approximate surface area is 155 Å². The van der Waals surface area contributed by atoms with Crippen molar-refractivity contribution in [3.63, 3.8) is 0 Å². The quantitative estimate of drug-likeness (QED) is 0.574. The summed E-state index contributed by atoms with van der Waals surface area (Å²) in [5.41, 5.74) is 1.79. The Bertz CT molecular complexity index is 931. The molecule has 0 fully saturated rings. The minimum Gasteiger partial charge on any atom is -0.460 e. The third kappa shape index (κ3) is 4.15. The maximum absolute atomic E-state index is 13.4. The lowest BCUT2D eigenvalue weighted by Gasteiger charge is -2.25. The van der Waals surface area contributed by atoms with Gasteiger partial charge in [0.15, 0.2) is 0 Å². The first-order chi connectivity index (χ1) is 12.8. The number of hydrogen-bond donors (Lipinski definition) is 0. The van der Waals surface area contributed by atoms with E-state index in [1.807, 2.05) is 29.9 Å². The van der Waals surface area contributed by atoms with E-state index in [1.54, 1.807) is 42.5 Å². The van der Waals surface area contributed by atoms with Gasteiger partial charge in [0.1, 0.15) is 6.61 Å². The third-order valence-corrected chi connectivity index (χ3v) is 4.77. The number of aromatic nitrogens is 1. The Balaban J connectivity index is 1.92. The fraction of sp³-hybridized carbons (Fsp3) is 0.286. The summed E-state index contributed by atoms with van der Waals surface area (Å²) in [6.45, 7) is 0.955. The summed E-state index contributed by atoms with van der Waals surface area (Å²) < 4.78 is 47.3. The van der Waals surface area contributed by atoms with Crippen LogP contribution in [0.4, 0.5) is 13.2 Å². The summed E-state index contributed by atoms with van der Waals surface area (Å²) in [6, 6.07) is 15.7. The average molecular weight is 375 g/mol. The lowest BCUT2D eigenvalue weighted by Crippen LogP contribution is -2.32. The molecule has 3 nitrogen and oxygen atoms in total. The van der Waals surface area contributed by atoms with Gasteiger partial charge >= 0.3 is 12.1 Å². The smallest absolute Gasteiger partial charge is 0.392 e. The molecule has 2 atom stereocenters. The molecule has 3 rings (SSSR count). The topological polar surface area (TPSA) is 31.2 Å². The summed E-state index contributed by atoms with van der Waals surface area (Å²) in [7, 11) is 1.81. The summed E-state index contributed by atoms with van der Waals surface area (Å²) >= 11 is 0. The van der Waals surface area contributed by atoms with Crippen molar-refractivity contribution in [2.75, 3.05) is 0 Å². The molecule has 0 spiro atoms. The van der Waals surface area contributed by atoms with E-state index < -0.39 is 24.0 Å². The van der Waals surface area contributed by atoms with E-state index in [-0.39, 0.29) is 6.61 Å². The number of ether oxygens (including phenoxy) is 1. The first-order valence-electron chi connectivity index (χ1n) is 8.59. The van der Waals surface area contributed by atoms with Crippen LogP contribution < -0.4 is 0 Å². The van der Waals surface area contributed by atoms with Crippen molar-refractivity contribution in [2.45, 2.75) is 25.6 Å². The summed E-state index contributed by atoms with van der Waals surface area (Å²) in [6.07, 6.45) is -2.69. The number of alkyl halides is 3. The van der Waals surface area contributed by atoms with Gasteiger partial charge in [0, 0.05) is 18.8 Å². The molecule has 3 aromatic rings. The van der Waals surface area contributed by atoms with Crippen LogP contribution in [-0.4, -0.2) is 16.7 Å². The van der Waals surface area contributed by atoms with Crippen LogP contribution in [0.1, 0.15) is 24.0 Å². The molecular weight excluding hydrogens is 355 g/mol. The van der Waals surface area contributed by atoms with Gasteiger partial charge in [-0.15, -0.1) is 0 Å². The number of esters is 1. The van der Waals surface area contributed by atoms with Gasteiger partial charge in [-0.3, -0.25) is 4.79 Å². The van der Waals surface area contributed by atoms with Crippen molar-refractivity contribution < 1.29 is 22.7 Å². The van der Waals surface area contributed by atoms with E-state index in [4.69, 9.17) is 4.74 Å². The zero-order valence-corrected chi connectivity index (χ0v) is 15.0. The molecule has 0 amide bonds. The number of rotatable bonds is 5. The van der Waals surface area contributed by atoms with Gasteiger partial charge in [-0.1, -0.05) is 49.4 Å². The first kappa shape index (κ1) is 19.0. The van der Waals surface area contributed by atoms with Gasteiger partial charge in [0.25, 0.3) is 0 Å². The van der Waals surface area contributed by atoms with E-state index in [9.17, 15) is 18.0 Å². The zero-order valence-electron chi connectivity index (χ0n) is 15.0. The fourth-order valence-corrected chi connectivity index (χ4v) is 3.11. The van der Waals surface area contributed by atoms with Crippen LogP contribution in [0.2, 0.25) is 0 Å². The number of halogens is 3. The highest BCUT2D eigenvalue weighted by atomic mass is 19.4. The maximum Gasteiger partial charge on any atom is 0.392 e. The third-order valence-electron chi connectivity index (χ3n) is 4.77.